The normalized spacial score (nSPS) is 10.4. The highest BCUT2D eigenvalue weighted by molar-refractivity contribution is 7.19. The van der Waals surface area contributed by atoms with E-state index in [1.807, 2.05) is 42.5 Å². The molecular formula is C14H11N3S. The number of aromatic nitrogens is 2. The first kappa shape index (κ1) is 10.9. The fourth-order valence-electron chi connectivity index (χ4n) is 1.75. The lowest BCUT2D eigenvalue weighted by atomic mass is 10.2. The SMILES string of the molecule is Nc1sc(-c2ccccc2)nc1-c1cccnc1. The number of nitrogens with two attached hydrogens (primary N) is 1. The van der Waals surface area contributed by atoms with Crippen molar-refractivity contribution >= 4 is 16.3 Å². The van der Waals surface area contributed by atoms with Crippen LogP contribution in [0.2, 0.25) is 0 Å². The molecule has 2 aromatic heterocycles. The van der Waals surface area contributed by atoms with Crippen molar-refractivity contribution in [1.82, 2.24) is 9.97 Å². The molecule has 0 unspecified atom stereocenters. The molecule has 0 aliphatic heterocycles. The van der Waals surface area contributed by atoms with Crippen molar-refractivity contribution in [3.8, 4) is 21.8 Å². The minimum atomic E-state index is 0.724. The van der Waals surface area contributed by atoms with Crippen LogP contribution in [-0.4, -0.2) is 9.97 Å². The van der Waals surface area contributed by atoms with E-state index in [1.165, 1.54) is 11.3 Å². The van der Waals surface area contributed by atoms with E-state index in [2.05, 4.69) is 9.97 Å². The molecule has 0 amide bonds. The van der Waals surface area contributed by atoms with Gasteiger partial charge in [-0.05, 0) is 12.1 Å². The Labute approximate surface area is 109 Å². The second-order valence-electron chi connectivity index (χ2n) is 3.84. The lowest BCUT2D eigenvalue weighted by Gasteiger charge is -1.96. The molecule has 4 heteroatoms. The van der Waals surface area contributed by atoms with Gasteiger partial charge in [0.2, 0.25) is 0 Å². The molecule has 0 aliphatic carbocycles. The third kappa shape index (κ3) is 1.98. The van der Waals surface area contributed by atoms with Crippen molar-refractivity contribution in [2.75, 3.05) is 5.73 Å². The van der Waals surface area contributed by atoms with Crippen LogP contribution in [0.15, 0.2) is 54.9 Å². The van der Waals surface area contributed by atoms with E-state index in [0.29, 0.717) is 0 Å². The van der Waals surface area contributed by atoms with E-state index in [9.17, 15) is 0 Å². The first-order chi connectivity index (χ1) is 8.84. The average Bonchev–Trinajstić information content (AvgIpc) is 2.83. The Kier molecular flexibility index (Phi) is 2.78. The third-order valence-corrected chi connectivity index (χ3v) is 3.54. The van der Waals surface area contributed by atoms with Crippen molar-refractivity contribution < 1.29 is 0 Å². The van der Waals surface area contributed by atoms with Gasteiger partial charge >= 0.3 is 0 Å². The standard InChI is InChI=1S/C14H11N3S/c15-13-12(11-7-4-8-16-9-11)17-14(18-13)10-5-2-1-3-6-10/h1-9H,15H2. The highest BCUT2D eigenvalue weighted by atomic mass is 32.1. The first-order valence-corrected chi connectivity index (χ1v) is 6.38. The predicted octanol–water partition coefficient (Wildman–Crippen LogP) is 3.45. The number of nitrogens with zero attached hydrogens (tertiary/aromatic N) is 2. The Morgan fingerprint density at radius 3 is 2.44 bits per heavy atom. The topological polar surface area (TPSA) is 51.8 Å². The molecule has 2 N–H and O–H groups in total. The van der Waals surface area contributed by atoms with Gasteiger partial charge in [0.1, 0.15) is 15.7 Å². The molecule has 3 rings (SSSR count). The molecule has 2 heterocycles. The minimum absolute atomic E-state index is 0.724. The van der Waals surface area contributed by atoms with E-state index in [0.717, 1.165) is 26.8 Å². The molecule has 0 saturated heterocycles. The second-order valence-corrected chi connectivity index (χ2v) is 4.87. The predicted molar refractivity (Wildman–Crippen MR) is 75.2 cm³/mol. The number of benzene rings is 1. The molecule has 0 radical (unpaired) electrons. The summed E-state index contributed by atoms with van der Waals surface area (Å²) in [6.45, 7) is 0. The van der Waals surface area contributed by atoms with Crippen molar-refractivity contribution in [1.29, 1.82) is 0 Å². The Morgan fingerprint density at radius 1 is 0.944 bits per heavy atom. The second kappa shape index (κ2) is 4.58. The van der Waals surface area contributed by atoms with Crippen LogP contribution in [0.1, 0.15) is 0 Å². The van der Waals surface area contributed by atoms with Crippen LogP contribution in [0.25, 0.3) is 21.8 Å². The lowest BCUT2D eigenvalue weighted by Crippen LogP contribution is -1.86. The van der Waals surface area contributed by atoms with E-state index in [-0.39, 0.29) is 0 Å². The van der Waals surface area contributed by atoms with Crippen LogP contribution in [0, 0.1) is 0 Å². The summed E-state index contributed by atoms with van der Waals surface area (Å²) in [6, 6.07) is 13.9. The number of anilines is 1. The van der Waals surface area contributed by atoms with Gasteiger partial charge < -0.3 is 5.73 Å². The van der Waals surface area contributed by atoms with Crippen LogP contribution in [0.3, 0.4) is 0 Å². The maximum Gasteiger partial charge on any atom is 0.126 e. The van der Waals surface area contributed by atoms with Crippen LogP contribution in [0.4, 0.5) is 5.00 Å². The fourth-order valence-corrected chi connectivity index (χ4v) is 2.61. The summed E-state index contributed by atoms with van der Waals surface area (Å²) in [5, 5.41) is 1.66. The van der Waals surface area contributed by atoms with Crippen LogP contribution in [0.5, 0.6) is 0 Å². The van der Waals surface area contributed by atoms with Gasteiger partial charge in [-0.15, -0.1) is 0 Å². The van der Waals surface area contributed by atoms with Crippen molar-refractivity contribution in [2.24, 2.45) is 0 Å². The summed E-state index contributed by atoms with van der Waals surface area (Å²) < 4.78 is 0. The number of thiazole rings is 1. The maximum atomic E-state index is 6.04. The van der Waals surface area contributed by atoms with Gasteiger partial charge in [-0.25, -0.2) is 4.98 Å². The zero-order valence-corrected chi connectivity index (χ0v) is 10.4. The van der Waals surface area contributed by atoms with Crippen molar-refractivity contribution in [3.63, 3.8) is 0 Å². The molecule has 1 aromatic carbocycles. The van der Waals surface area contributed by atoms with E-state index in [4.69, 9.17) is 5.73 Å². The largest absolute Gasteiger partial charge is 0.389 e. The smallest absolute Gasteiger partial charge is 0.126 e. The summed E-state index contributed by atoms with van der Waals surface area (Å²) in [7, 11) is 0. The Bertz CT molecular complexity index is 647. The Hall–Kier alpha value is -2.20. The van der Waals surface area contributed by atoms with Crippen LogP contribution < -0.4 is 5.73 Å². The van der Waals surface area contributed by atoms with Gasteiger partial charge in [-0.3, -0.25) is 4.98 Å². The zero-order valence-electron chi connectivity index (χ0n) is 9.58. The van der Waals surface area contributed by atoms with Gasteiger partial charge in [0.25, 0.3) is 0 Å². The number of nitrogen functional groups attached to an aromatic ring is 1. The first-order valence-electron chi connectivity index (χ1n) is 5.57. The number of pyridine rings is 1. The minimum Gasteiger partial charge on any atom is -0.389 e. The molecule has 88 valence electrons. The molecular weight excluding hydrogens is 242 g/mol. The van der Waals surface area contributed by atoms with Crippen molar-refractivity contribution in [2.45, 2.75) is 0 Å². The summed E-state index contributed by atoms with van der Waals surface area (Å²) in [6.07, 6.45) is 3.52. The molecule has 3 aromatic rings. The summed E-state index contributed by atoms with van der Waals surface area (Å²) in [4.78, 5) is 8.70. The monoisotopic (exact) mass is 253 g/mol. The molecule has 0 aliphatic rings. The highest BCUT2D eigenvalue weighted by Crippen LogP contribution is 2.35. The van der Waals surface area contributed by atoms with Gasteiger partial charge in [-0.2, -0.15) is 0 Å². The molecule has 3 nitrogen and oxygen atoms in total. The van der Waals surface area contributed by atoms with Crippen molar-refractivity contribution in [3.05, 3.63) is 54.9 Å². The van der Waals surface area contributed by atoms with Crippen LogP contribution in [-0.2, 0) is 0 Å². The summed E-state index contributed by atoms with van der Waals surface area (Å²) >= 11 is 1.50. The number of hydrogen-bond donors (Lipinski definition) is 1. The fraction of sp³-hybridized carbons (Fsp3) is 0. The lowest BCUT2D eigenvalue weighted by molar-refractivity contribution is 1.31. The summed E-state index contributed by atoms with van der Waals surface area (Å²) in [5.74, 6) is 0. The molecule has 0 atom stereocenters. The molecule has 18 heavy (non-hydrogen) atoms. The van der Waals surface area contributed by atoms with Gasteiger partial charge in [0, 0.05) is 23.5 Å². The van der Waals surface area contributed by atoms with Gasteiger partial charge in [0.15, 0.2) is 0 Å². The number of rotatable bonds is 2. The van der Waals surface area contributed by atoms with E-state index in [1.54, 1.807) is 12.4 Å². The Balaban J connectivity index is 2.07. The summed E-state index contributed by atoms with van der Waals surface area (Å²) in [5.41, 5.74) is 8.89. The van der Waals surface area contributed by atoms with Crippen LogP contribution >= 0.6 is 11.3 Å². The van der Waals surface area contributed by atoms with Gasteiger partial charge in [0.05, 0.1) is 0 Å². The highest BCUT2D eigenvalue weighted by Gasteiger charge is 2.11. The molecule has 0 saturated carbocycles. The van der Waals surface area contributed by atoms with E-state index < -0.39 is 0 Å². The van der Waals surface area contributed by atoms with Gasteiger partial charge in [-0.1, -0.05) is 41.7 Å². The third-order valence-electron chi connectivity index (χ3n) is 2.61. The van der Waals surface area contributed by atoms with E-state index >= 15 is 0 Å². The Morgan fingerprint density at radius 2 is 1.72 bits per heavy atom. The number of hydrogen-bond acceptors (Lipinski definition) is 4. The molecule has 0 spiro atoms. The molecule has 0 bridgehead atoms. The quantitative estimate of drug-likeness (QED) is 0.761. The average molecular weight is 253 g/mol. The molecule has 0 fully saturated rings. The maximum absolute atomic E-state index is 6.04. The zero-order chi connectivity index (χ0) is 12.4.